The highest BCUT2D eigenvalue weighted by Crippen LogP contribution is 2.22. The van der Waals surface area contributed by atoms with E-state index in [2.05, 4.69) is 22.5 Å². The lowest BCUT2D eigenvalue weighted by Crippen LogP contribution is -2.44. The fraction of sp³-hybridized carbons (Fsp3) is 0.364. The van der Waals surface area contributed by atoms with Crippen LogP contribution in [-0.4, -0.2) is 19.6 Å². The predicted octanol–water partition coefficient (Wildman–Crippen LogP) is 0.809. The van der Waals surface area contributed by atoms with Crippen LogP contribution in [0.2, 0.25) is 0 Å². The Morgan fingerprint density at radius 3 is 2.53 bits per heavy atom. The number of thiocarbonyl (C=S) groups is 1. The molecular formula is C11H17N3O3S2. The minimum Gasteiger partial charge on any atom is -0.491 e. The van der Waals surface area contributed by atoms with Gasteiger partial charge in [0.1, 0.15) is 5.75 Å². The van der Waals surface area contributed by atoms with E-state index in [1.165, 1.54) is 12.1 Å². The highest BCUT2D eigenvalue weighted by molar-refractivity contribution is 7.89. The van der Waals surface area contributed by atoms with Crippen molar-refractivity contribution in [3.63, 3.8) is 0 Å². The molecule has 19 heavy (non-hydrogen) atoms. The lowest BCUT2D eigenvalue weighted by Gasteiger charge is -2.14. The first kappa shape index (κ1) is 15.7. The minimum atomic E-state index is -3.71. The van der Waals surface area contributed by atoms with Gasteiger partial charge in [-0.05, 0) is 56.8 Å². The van der Waals surface area contributed by atoms with Gasteiger partial charge in [0, 0.05) is 0 Å². The number of hydrogen-bond acceptors (Lipinski definition) is 4. The van der Waals surface area contributed by atoms with Crippen molar-refractivity contribution < 1.29 is 13.2 Å². The zero-order chi connectivity index (χ0) is 14.6. The van der Waals surface area contributed by atoms with Gasteiger partial charge in [0.2, 0.25) is 0 Å². The normalized spacial score (nSPS) is 11.4. The van der Waals surface area contributed by atoms with Gasteiger partial charge >= 0.3 is 0 Å². The SMILES string of the molecule is Cc1cc(S(=O)(=O)NNC(N)=S)ccc1OC(C)C. The van der Waals surface area contributed by atoms with E-state index in [0.29, 0.717) is 5.75 Å². The van der Waals surface area contributed by atoms with E-state index in [0.717, 1.165) is 5.56 Å². The summed E-state index contributed by atoms with van der Waals surface area (Å²) in [4.78, 5) is 2.18. The maximum atomic E-state index is 11.9. The number of sulfonamides is 1. The van der Waals surface area contributed by atoms with Crippen molar-refractivity contribution in [2.24, 2.45) is 5.73 Å². The Kier molecular flexibility index (Phi) is 5.10. The summed E-state index contributed by atoms with van der Waals surface area (Å²) in [5.74, 6) is 0.649. The Morgan fingerprint density at radius 1 is 1.42 bits per heavy atom. The summed E-state index contributed by atoms with van der Waals surface area (Å²) in [6.45, 7) is 5.58. The number of nitrogens with one attached hydrogen (secondary N) is 2. The van der Waals surface area contributed by atoms with E-state index in [9.17, 15) is 8.42 Å². The monoisotopic (exact) mass is 303 g/mol. The molecule has 0 aromatic heterocycles. The van der Waals surface area contributed by atoms with Crippen LogP contribution in [0.5, 0.6) is 5.75 Å². The average Bonchev–Trinajstić information content (AvgIpc) is 2.28. The van der Waals surface area contributed by atoms with Crippen molar-refractivity contribution >= 4 is 27.4 Å². The molecule has 0 amide bonds. The van der Waals surface area contributed by atoms with Gasteiger partial charge in [0.15, 0.2) is 5.11 Å². The highest BCUT2D eigenvalue weighted by atomic mass is 32.2. The van der Waals surface area contributed by atoms with Crippen LogP contribution in [0.15, 0.2) is 23.1 Å². The molecule has 0 unspecified atom stereocenters. The van der Waals surface area contributed by atoms with Gasteiger partial charge in [0.05, 0.1) is 11.0 Å². The first-order valence-electron chi connectivity index (χ1n) is 5.57. The molecule has 0 spiro atoms. The van der Waals surface area contributed by atoms with Gasteiger partial charge in [-0.15, -0.1) is 4.83 Å². The quantitative estimate of drug-likeness (QED) is 0.550. The first-order valence-corrected chi connectivity index (χ1v) is 7.46. The Morgan fingerprint density at radius 2 is 2.05 bits per heavy atom. The molecule has 0 aliphatic rings. The van der Waals surface area contributed by atoms with Crippen molar-refractivity contribution in [3.05, 3.63) is 23.8 Å². The molecule has 0 atom stereocenters. The molecule has 0 heterocycles. The summed E-state index contributed by atoms with van der Waals surface area (Å²) in [6, 6.07) is 4.58. The molecule has 0 fully saturated rings. The number of aryl methyl sites for hydroxylation is 1. The van der Waals surface area contributed by atoms with Crippen molar-refractivity contribution in [2.75, 3.05) is 0 Å². The largest absolute Gasteiger partial charge is 0.491 e. The Bertz CT molecular complexity index is 571. The number of rotatable bonds is 5. The van der Waals surface area contributed by atoms with Crippen LogP contribution in [-0.2, 0) is 10.0 Å². The van der Waals surface area contributed by atoms with Gasteiger partial charge in [-0.2, -0.15) is 0 Å². The molecule has 0 aliphatic carbocycles. The van der Waals surface area contributed by atoms with Gasteiger partial charge in [-0.3, -0.25) is 5.43 Å². The highest BCUT2D eigenvalue weighted by Gasteiger charge is 2.15. The molecule has 0 saturated heterocycles. The Labute approximate surface area is 118 Å². The minimum absolute atomic E-state index is 0.0237. The van der Waals surface area contributed by atoms with Crippen LogP contribution >= 0.6 is 12.2 Å². The number of benzene rings is 1. The molecular weight excluding hydrogens is 286 g/mol. The fourth-order valence-electron chi connectivity index (χ4n) is 1.35. The number of hydrogen-bond donors (Lipinski definition) is 3. The third-order valence-corrected chi connectivity index (χ3v) is 3.48. The predicted molar refractivity (Wildman–Crippen MR) is 77.2 cm³/mol. The molecule has 0 radical (unpaired) electrons. The van der Waals surface area contributed by atoms with Crippen LogP contribution in [0, 0.1) is 6.92 Å². The summed E-state index contributed by atoms with van der Waals surface area (Å²) in [5, 5.41) is -0.153. The van der Waals surface area contributed by atoms with Gasteiger partial charge < -0.3 is 10.5 Å². The third-order valence-electron chi connectivity index (χ3n) is 2.13. The third kappa shape index (κ3) is 4.66. The number of hydrazine groups is 1. The zero-order valence-electron chi connectivity index (χ0n) is 10.9. The maximum absolute atomic E-state index is 11.9. The molecule has 0 bridgehead atoms. The lowest BCUT2D eigenvalue weighted by atomic mass is 10.2. The van der Waals surface area contributed by atoms with E-state index in [-0.39, 0.29) is 16.1 Å². The summed E-state index contributed by atoms with van der Waals surface area (Å²) in [5.41, 5.74) is 8.08. The van der Waals surface area contributed by atoms with Crippen LogP contribution in [0.4, 0.5) is 0 Å². The topological polar surface area (TPSA) is 93.5 Å². The van der Waals surface area contributed by atoms with E-state index >= 15 is 0 Å². The van der Waals surface area contributed by atoms with E-state index in [1.54, 1.807) is 13.0 Å². The fourth-order valence-corrected chi connectivity index (χ4v) is 2.41. The van der Waals surface area contributed by atoms with Crippen LogP contribution < -0.4 is 20.7 Å². The average molecular weight is 303 g/mol. The van der Waals surface area contributed by atoms with Crippen LogP contribution in [0.25, 0.3) is 0 Å². The summed E-state index contributed by atoms with van der Waals surface area (Å²) >= 11 is 4.53. The smallest absolute Gasteiger partial charge is 0.257 e. The first-order chi connectivity index (χ1) is 8.72. The second-order valence-corrected chi connectivity index (χ2v) is 6.31. The molecule has 0 saturated carbocycles. The Hall–Kier alpha value is -1.38. The Balaban J connectivity index is 2.97. The molecule has 4 N–H and O–H groups in total. The van der Waals surface area contributed by atoms with E-state index < -0.39 is 10.0 Å². The van der Waals surface area contributed by atoms with Crippen molar-refractivity contribution in [1.29, 1.82) is 0 Å². The van der Waals surface area contributed by atoms with Gasteiger partial charge in [0.25, 0.3) is 10.0 Å². The number of ether oxygens (including phenoxy) is 1. The molecule has 1 aromatic rings. The summed E-state index contributed by atoms with van der Waals surface area (Å²) in [7, 11) is -3.71. The second kappa shape index (κ2) is 6.18. The molecule has 1 rings (SSSR count). The zero-order valence-corrected chi connectivity index (χ0v) is 12.6. The summed E-state index contributed by atoms with van der Waals surface area (Å²) in [6.07, 6.45) is 0.0237. The van der Waals surface area contributed by atoms with Crippen LogP contribution in [0.3, 0.4) is 0 Å². The molecule has 8 heteroatoms. The van der Waals surface area contributed by atoms with Gasteiger partial charge in [-0.1, -0.05) is 0 Å². The van der Waals surface area contributed by atoms with E-state index in [4.69, 9.17) is 10.5 Å². The molecule has 106 valence electrons. The lowest BCUT2D eigenvalue weighted by molar-refractivity contribution is 0.240. The standard InChI is InChI=1S/C11H17N3O3S2/c1-7(2)17-10-5-4-9(6-8(10)3)19(15,16)14-13-11(12)18/h4-7,14H,1-3H3,(H3,12,13,18). The van der Waals surface area contributed by atoms with Crippen molar-refractivity contribution in [1.82, 2.24) is 10.3 Å². The second-order valence-electron chi connectivity index (χ2n) is 4.19. The summed E-state index contributed by atoms with van der Waals surface area (Å²) < 4.78 is 29.3. The molecule has 0 aliphatic heterocycles. The number of nitrogens with two attached hydrogens (primary N) is 1. The van der Waals surface area contributed by atoms with E-state index in [1.807, 2.05) is 13.8 Å². The van der Waals surface area contributed by atoms with Crippen molar-refractivity contribution in [2.45, 2.75) is 31.8 Å². The van der Waals surface area contributed by atoms with Crippen molar-refractivity contribution in [3.8, 4) is 5.75 Å². The maximum Gasteiger partial charge on any atom is 0.257 e. The molecule has 6 nitrogen and oxygen atoms in total. The van der Waals surface area contributed by atoms with Gasteiger partial charge in [-0.25, -0.2) is 8.42 Å². The molecule has 1 aromatic carbocycles. The van der Waals surface area contributed by atoms with Crippen LogP contribution in [0.1, 0.15) is 19.4 Å².